The summed E-state index contributed by atoms with van der Waals surface area (Å²) in [5.41, 5.74) is 21.3. The number of hydrogen-bond acceptors (Lipinski definition) is 8. The van der Waals surface area contributed by atoms with Crippen molar-refractivity contribution >= 4 is 33.5 Å². The van der Waals surface area contributed by atoms with E-state index in [0.717, 1.165) is 5.69 Å². The van der Waals surface area contributed by atoms with Crippen molar-refractivity contribution in [2.75, 3.05) is 6.54 Å². The lowest BCUT2D eigenvalue weighted by atomic mass is 10.2. The number of nitrogens with one attached hydrogen (secondary N) is 1. The molecule has 0 amide bonds. The summed E-state index contributed by atoms with van der Waals surface area (Å²) in [5, 5.41) is 16.8. The summed E-state index contributed by atoms with van der Waals surface area (Å²) in [6.45, 7) is 0.420. The Labute approximate surface area is 186 Å². The van der Waals surface area contributed by atoms with Crippen LogP contribution in [0.25, 0.3) is 0 Å². The van der Waals surface area contributed by atoms with Gasteiger partial charge < -0.3 is 67.5 Å². The van der Waals surface area contributed by atoms with Crippen LogP contribution in [0.15, 0.2) is 17.5 Å². The van der Waals surface area contributed by atoms with Crippen molar-refractivity contribution < 1.29 is 58.3 Å². The fourth-order valence-electron chi connectivity index (χ4n) is 1.36. The van der Waals surface area contributed by atoms with Crippen molar-refractivity contribution in [2.24, 2.45) is 27.9 Å². The molecular weight excluding hydrogens is 496 g/mol. The van der Waals surface area contributed by atoms with Crippen molar-refractivity contribution in [3.63, 3.8) is 0 Å². The number of carbonyl (C=O) groups is 2. The van der Waals surface area contributed by atoms with Crippen LogP contribution < -0.4 is 22.9 Å². The highest BCUT2D eigenvalue weighted by Gasteiger charge is 2.12. The minimum absolute atomic E-state index is 0.0129. The number of nitrogens with two attached hydrogens (primary N) is 4. The number of aliphatic imine (C=N–C) groups is 1. The monoisotopic (exact) mass is 525 g/mol. The predicted octanol–water partition coefficient (Wildman–Crippen LogP) is -4.04. The number of carboxylic acids is 2. The number of rotatable bonds is 8. The number of H-pyrrole nitrogens is 1. The van der Waals surface area contributed by atoms with E-state index in [0.29, 0.717) is 19.4 Å². The Bertz CT molecular complexity index is 754. The van der Waals surface area contributed by atoms with Crippen LogP contribution in [-0.4, -0.2) is 86.1 Å². The number of guanidine groups is 1. The van der Waals surface area contributed by atoms with Gasteiger partial charge in [0.2, 0.25) is 0 Å². The number of nitrogens with zero attached hydrogens (tertiary/aromatic N) is 2. The van der Waals surface area contributed by atoms with Crippen molar-refractivity contribution in [1.82, 2.24) is 9.97 Å². The molecular formula is C12H29N7O12P2. The highest BCUT2D eigenvalue weighted by molar-refractivity contribution is 7.45. The summed E-state index contributed by atoms with van der Waals surface area (Å²) >= 11 is 0. The smallest absolute Gasteiger partial charge is 0.466 e. The van der Waals surface area contributed by atoms with Gasteiger partial charge in [-0.05, 0) is 12.8 Å². The summed E-state index contributed by atoms with van der Waals surface area (Å²) in [6, 6.07) is -1.67. The second-order valence-electron chi connectivity index (χ2n) is 5.65. The van der Waals surface area contributed by atoms with E-state index < -0.39 is 39.7 Å². The molecule has 0 spiro atoms. The van der Waals surface area contributed by atoms with Crippen molar-refractivity contribution in [1.29, 1.82) is 0 Å². The standard InChI is InChI=1S/C6H14N4O2.C6H9N3O2.2H3O4P/c7-4(5(11)12)2-1-3-10-6(8)9;7-5(6(10)11)1-4-2-8-3-9-4;2*1-5(2,3)4/h4H,1-3,7H2,(H,11,12)(H4,8,9,10);2-3,5H,1,7H2,(H,8,9)(H,10,11);2*(H3,1,2,3,4)/t4-;5-;;/m00../s1. The van der Waals surface area contributed by atoms with E-state index in [9.17, 15) is 9.59 Å². The van der Waals surface area contributed by atoms with Gasteiger partial charge in [0.05, 0.1) is 6.33 Å². The predicted molar refractivity (Wildman–Crippen MR) is 112 cm³/mol. The molecule has 0 fully saturated rings. The number of aliphatic carboxylic acids is 2. The van der Waals surface area contributed by atoms with E-state index in [-0.39, 0.29) is 12.4 Å². The summed E-state index contributed by atoms with van der Waals surface area (Å²) in [4.78, 5) is 73.8. The Kier molecular flexibility index (Phi) is 19.2. The highest BCUT2D eigenvalue weighted by Crippen LogP contribution is 2.26. The maximum Gasteiger partial charge on any atom is 0.466 e. The van der Waals surface area contributed by atoms with Crippen LogP contribution in [0.5, 0.6) is 0 Å². The van der Waals surface area contributed by atoms with Crippen LogP contribution in [0, 0.1) is 0 Å². The zero-order valence-electron chi connectivity index (χ0n) is 16.9. The zero-order chi connectivity index (χ0) is 26.8. The quantitative estimate of drug-likeness (QED) is 0.0664. The van der Waals surface area contributed by atoms with E-state index >= 15 is 0 Å². The molecule has 19 nitrogen and oxygen atoms in total. The summed E-state index contributed by atoms with van der Waals surface area (Å²) < 4.78 is 17.8. The first-order valence-electron chi connectivity index (χ1n) is 8.30. The Morgan fingerprint density at radius 3 is 1.70 bits per heavy atom. The SMILES string of the molecule is NC(N)=NCCC[C@H](N)C(=O)O.N[C@@H](Cc1cnc[nH]1)C(=O)O.O=P(O)(O)O.O=P(O)(O)O. The first-order chi connectivity index (χ1) is 14.7. The molecule has 1 aromatic rings. The molecule has 1 rings (SSSR count). The maximum atomic E-state index is 10.3. The normalized spacial score (nSPS) is 12.2. The number of carboxylic acid groups (broad SMARTS) is 2. The minimum atomic E-state index is -4.64. The van der Waals surface area contributed by atoms with Gasteiger partial charge in [-0.15, -0.1) is 0 Å². The van der Waals surface area contributed by atoms with Gasteiger partial charge in [0.25, 0.3) is 0 Å². The minimum Gasteiger partial charge on any atom is -0.480 e. The van der Waals surface area contributed by atoms with Crippen molar-refractivity contribution in [3.05, 3.63) is 18.2 Å². The van der Waals surface area contributed by atoms with Gasteiger partial charge in [-0.1, -0.05) is 0 Å². The van der Waals surface area contributed by atoms with Crippen LogP contribution in [-0.2, 0) is 25.1 Å². The molecule has 17 N–H and O–H groups in total. The average Bonchev–Trinajstić information content (AvgIpc) is 3.08. The third-order valence-corrected chi connectivity index (χ3v) is 2.60. The molecule has 21 heteroatoms. The van der Waals surface area contributed by atoms with Crippen LogP contribution in [0.4, 0.5) is 0 Å². The summed E-state index contributed by atoms with van der Waals surface area (Å²) in [7, 11) is -9.28. The lowest BCUT2D eigenvalue weighted by Gasteiger charge is -2.03. The molecule has 33 heavy (non-hydrogen) atoms. The molecule has 0 saturated heterocycles. The number of aromatic amines is 1. The Morgan fingerprint density at radius 1 is 0.970 bits per heavy atom. The van der Waals surface area contributed by atoms with Gasteiger partial charge in [0.15, 0.2) is 5.96 Å². The Hall–Kier alpha value is -2.44. The van der Waals surface area contributed by atoms with E-state index in [1.54, 1.807) is 6.20 Å². The third kappa shape index (κ3) is 40.4. The summed E-state index contributed by atoms with van der Waals surface area (Å²) in [6.07, 6.45) is 4.29. The molecule has 0 bridgehead atoms. The second-order valence-corrected chi connectivity index (χ2v) is 7.70. The van der Waals surface area contributed by atoms with Crippen LogP contribution in [0.3, 0.4) is 0 Å². The van der Waals surface area contributed by atoms with Crippen molar-refractivity contribution in [3.8, 4) is 0 Å². The van der Waals surface area contributed by atoms with E-state index in [1.165, 1.54) is 6.33 Å². The molecule has 2 atom stereocenters. The number of aromatic nitrogens is 2. The molecule has 0 aromatic carbocycles. The Balaban J connectivity index is -0.000000393. The third-order valence-electron chi connectivity index (χ3n) is 2.60. The molecule has 0 saturated carbocycles. The molecule has 0 radical (unpaired) electrons. The molecule has 1 aromatic heterocycles. The molecule has 0 aliphatic heterocycles. The van der Waals surface area contributed by atoms with Gasteiger partial charge in [-0.3, -0.25) is 14.6 Å². The second kappa shape index (κ2) is 18.0. The van der Waals surface area contributed by atoms with E-state index in [1.807, 2.05) is 0 Å². The molecule has 0 aliphatic carbocycles. The lowest BCUT2D eigenvalue weighted by Crippen LogP contribution is -2.32. The van der Waals surface area contributed by atoms with Crippen LogP contribution in [0.2, 0.25) is 0 Å². The first-order valence-corrected chi connectivity index (χ1v) is 11.4. The Morgan fingerprint density at radius 2 is 1.39 bits per heavy atom. The van der Waals surface area contributed by atoms with Crippen molar-refractivity contribution in [2.45, 2.75) is 31.3 Å². The molecule has 194 valence electrons. The topological polar surface area (TPSA) is 375 Å². The summed E-state index contributed by atoms with van der Waals surface area (Å²) in [5.74, 6) is -1.99. The van der Waals surface area contributed by atoms with Gasteiger partial charge in [-0.25, -0.2) is 14.1 Å². The first kappa shape index (κ1) is 35.2. The van der Waals surface area contributed by atoms with Gasteiger partial charge in [0, 0.05) is 24.9 Å². The van der Waals surface area contributed by atoms with Gasteiger partial charge >= 0.3 is 27.6 Å². The van der Waals surface area contributed by atoms with E-state index in [4.69, 9.17) is 71.6 Å². The van der Waals surface area contributed by atoms with Crippen LogP contribution in [0.1, 0.15) is 18.5 Å². The zero-order valence-corrected chi connectivity index (χ0v) is 18.7. The molecule has 0 aliphatic rings. The highest BCUT2D eigenvalue weighted by atomic mass is 31.2. The van der Waals surface area contributed by atoms with Gasteiger partial charge in [-0.2, -0.15) is 0 Å². The number of phosphoric acid groups is 2. The molecule has 0 unspecified atom stereocenters. The van der Waals surface area contributed by atoms with Gasteiger partial charge in [0.1, 0.15) is 12.1 Å². The molecule has 1 heterocycles. The lowest BCUT2D eigenvalue weighted by molar-refractivity contribution is -0.139. The average molecular weight is 525 g/mol. The van der Waals surface area contributed by atoms with E-state index in [2.05, 4.69) is 15.0 Å². The maximum absolute atomic E-state index is 10.3. The number of hydrogen-bond donors (Lipinski definition) is 13. The largest absolute Gasteiger partial charge is 0.480 e. The fraction of sp³-hybridized carbons (Fsp3) is 0.500. The van der Waals surface area contributed by atoms with Crippen LogP contribution >= 0.6 is 15.6 Å². The number of imidazole rings is 1. The fourth-order valence-corrected chi connectivity index (χ4v) is 1.36.